The summed E-state index contributed by atoms with van der Waals surface area (Å²) in [5.74, 6) is -5.44. The topological polar surface area (TPSA) is 52.6 Å². The molecule has 0 bridgehead atoms. The Morgan fingerprint density at radius 2 is 1.74 bits per heavy atom. The van der Waals surface area contributed by atoms with E-state index < -0.39 is 24.3 Å². The zero-order valence-electron chi connectivity index (χ0n) is 12.8. The molecular weight excluding hydrogens is 330 g/mol. The SMILES string of the molecule is CCOC(=O)C(F)(F)CCCCCOC(=O)c1ccc(Cl)cc1. The fraction of sp³-hybridized carbons (Fsp3) is 0.500. The van der Waals surface area contributed by atoms with Crippen LogP contribution in [0.15, 0.2) is 24.3 Å². The standard InChI is InChI=1S/C16H19ClF2O4/c1-2-22-15(21)16(18,19)10-4-3-5-11-23-14(20)12-6-8-13(17)9-7-12/h6-9H,2-5,10-11H2,1H3. The number of alkyl halides is 2. The van der Waals surface area contributed by atoms with Gasteiger partial charge in [0, 0.05) is 11.4 Å². The number of carbonyl (C=O) groups excluding carboxylic acids is 2. The number of hydrogen-bond donors (Lipinski definition) is 0. The minimum absolute atomic E-state index is 0.0743. The molecule has 0 radical (unpaired) electrons. The molecule has 0 aliphatic heterocycles. The van der Waals surface area contributed by atoms with Crippen LogP contribution >= 0.6 is 11.6 Å². The molecule has 1 aromatic carbocycles. The van der Waals surface area contributed by atoms with Crippen LogP contribution in [0, 0.1) is 0 Å². The van der Waals surface area contributed by atoms with Crippen LogP contribution in [0.4, 0.5) is 8.78 Å². The van der Waals surface area contributed by atoms with Crippen molar-refractivity contribution in [3.05, 3.63) is 34.9 Å². The summed E-state index contributed by atoms with van der Waals surface area (Å²) in [6, 6.07) is 6.25. The summed E-state index contributed by atoms with van der Waals surface area (Å²) in [6.45, 7) is 1.53. The lowest BCUT2D eigenvalue weighted by Gasteiger charge is -2.14. The average molecular weight is 349 g/mol. The van der Waals surface area contributed by atoms with Gasteiger partial charge in [-0.1, -0.05) is 11.6 Å². The van der Waals surface area contributed by atoms with Crippen molar-refractivity contribution in [1.29, 1.82) is 0 Å². The Morgan fingerprint density at radius 3 is 2.35 bits per heavy atom. The third-order valence-electron chi connectivity index (χ3n) is 3.02. The van der Waals surface area contributed by atoms with Crippen molar-refractivity contribution in [2.24, 2.45) is 0 Å². The molecule has 4 nitrogen and oxygen atoms in total. The largest absolute Gasteiger partial charge is 0.462 e. The van der Waals surface area contributed by atoms with Gasteiger partial charge in [-0.25, -0.2) is 9.59 Å². The van der Waals surface area contributed by atoms with Crippen LogP contribution in [0.3, 0.4) is 0 Å². The molecule has 0 spiro atoms. The summed E-state index contributed by atoms with van der Waals surface area (Å²) < 4.78 is 36.0. The Labute approximate surface area is 138 Å². The van der Waals surface area contributed by atoms with Crippen molar-refractivity contribution in [3.8, 4) is 0 Å². The zero-order valence-corrected chi connectivity index (χ0v) is 13.6. The van der Waals surface area contributed by atoms with E-state index in [2.05, 4.69) is 4.74 Å². The van der Waals surface area contributed by atoms with Crippen molar-refractivity contribution >= 4 is 23.5 Å². The summed E-state index contributed by atoms with van der Waals surface area (Å²) in [7, 11) is 0. The molecule has 7 heteroatoms. The van der Waals surface area contributed by atoms with E-state index in [1.165, 1.54) is 6.92 Å². The first-order valence-corrected chi connectivity index (χ1v) is 7.72. The van der Waals surface area contributed by atoms with Crippen LogP contribution < -0.4 is 0 Å². The number of ether oxygens (including phenoxy) is 2. The highest BCUT2D eigenvalue weighted by Gasteiger charge is 2.39. The molecule has 0 unspecified atom stereocenters. The smallest absolute Gasteiger partial charge is 0.376 e. The first kappa shape index (κ1) is 19.4. The molecule has 1 aromatic rings. The minimum Gasteiger partial charge on any atom is -0.462 e. The molecule has 0 aliphatic carbocycles. The molecule has 0 aliphatic rings. The fourth-order valence-electron chi connectivity index (χ4n) is 1.80. The highest BCUT2D eigenvalue weighted by atomic mass is 35.5. The van der Waals surface area contributed by atoms with E-state index >= 15 is 0 Å². The quantitative estimate of drug-likeness (QED) is 0.494. The van der Waals surface area contributed by atoms with E-state index in [1.54, 1.807) is 24.3 Å². The predicted octanol–water partition coefficient (Wildman–Crippen LogP) is 4.26. The number of halogens is 3. The number of unbranched alkanes of at least 4 members (excludes halogenated alkanes) is 2. The number of esters is 2. The lowest BCUT2D eigenvalue weighted by atomic mass is 10.1. The highest BCUT2D eigenvalue weighted by Crippen LogP contribution is 2.23. The third kappa shape index (κ3) is 6.95. The first-order valence-electron chi connectivity index (χ1n) is 7.34. The third-order valence-corrected chi connectivity index (χ3v) is 3.27. The van der Waals surface area contributed by atoms with Gasteiger partial charge >= 0.3 is 17.9 Å². The van der Waals surface area contributed by atoms with E-state index in [0.717, 1.165) is 0 Å². The van der Waals surface area contributed by atoms with Gasteiger partial charge in [-0.2, -0.15) is 8.78 Å². The van der Waals surface area contributed by atoms with Crippen molar-refractivity contribution in [2.45, 2.75) is 38.5 Å². The van der Waals surface area contributed by atoms with Gasteiger partial charge in [-0.15, -0.1) is 0 Å². The lowest BCUT2D eigenvalue weighted by molar-refractivity contribution is -0.172. The summed E-state index contributed by atoms with van der Waals surface area (Å²) in [6.07, 6.45) is 0.433. The van der Waals surface area contributed by atoms with E-state index in [9.17, 15) is 18.4 Å². The molecule has 0 atom stereocenters. The van der Waals surface area contributed by atoms with Gasteiger partial charge < -0.3 is 9.47 Å². The monoisotopic (exact) mass is 348 g/mol. The molecule has 128 valence electrons. The molecule has 1 rings (SSSR count). The Morgan fingerprint density at radius 1 is 1.09 bits per heavy atom. The van der Waals surface area contributed by atoms with Gasteiger partial charge in [0.15, 0.2) is 0 Å². The summed E-state index contributed by atoms with van der Waals surface area (Å²) in [4.78, 5) is 22.7. The van der Waals surface area contributed by atoms with Crippen LogP contribution in [-0.4, -0.2) is 31.1 Å². The van der Waals surface area contributed by atoms with Crippen molar-refractivity contribution in [1.82, 2.24) is 0 Å². The van der Waals surface area contributed by atoms with Gasteiger partial charge in [0.05, 0.1) is 18.8 Å². The van der Waals surface area contributed by atoms with Gasteiger partial charge in [-0.05, 0) is 50.5 Å². The van der Waals surface area contributed by atoms with Crippen molar-refractivity contribution in [2.75, 3.05) is 13.2 Å². The zero-order chi connectivity index (χ0) is 17.3. The molecule has 0 N–H and O–H groups in total. The maximum absolute atomic E-state index is 13.3. The van der Waals surface area contributed by atoms with Crippen molar-refractivity contribution in [3.63, 3.8) is 0 Å². The van der Waals surface area contributed by atoms with Crippen LogP contribution in [0.25, 0.3) is 0 Å². The van der Waals surface area contributed by atoms with Crippen LogP contribution in [0.1, 0.15) is 43.0 Å². The highest BCUT2D eigenvalue weighted by molar-refractivity contribution is 6.30. The fourth-order valence-corrected chi connectivity index (χ4v) is 1.92. The molecule has 0 saturated carbocycles. The minimum atomic E-state index is -3.46. The lowest BCUT2D eigenvalue weighted by Crippen LogP contribution is -2.30. The normalized spacial score (nSPS) is 11.1. The number of rotatable bonds is 9. The molecule has 23 heavy (non-hydrogen) atoms. The van der Waals surface area contributed by atoms with Crippen LogP contribution in [0.2, 0.25) is 5.02 Å². The molecule has 0 heterocycles. The number of carbonyl (C=O) groups is 2. The Balaban J connectivity index is 2.19. The molecular formula is C16H19ClF2O4. The summed E-state index contributed by atoms with van der Waals surface area (Å²) >= 11 is 5.71. The van der Waals surface area contributed by atoms with E-state index in [0.29, 0.717) is 23.4 Å². The maximum atomic E-state index is 13.3. The van der Waals surface area contributed by atoms with Gasteiger partial charge in [0.1, 0.15) is 0 Å². The molecule has 0 amide bonds. The first-order chi connectivity index (χ1) is 10.9. The average Bonchev–Trinajstić information content (AvgIpc) is 2.51. The predicted molar refractivity (Wildman–Crippen MR) is 81.8 cm³/mol. The number of hydrogen-bond acceptors (Lipinski definition) is 4. The maximum Gasteiger partial charge on any atom is 0.376 e. The van der Waals surface area contributed by atoms with E-state index in [4.69, 9.17) is 16.3 Å². The Hall–Kier alpha value is -1.69. The molecule has 0 fully saturated rings. The summed E-state index contributed by atoms with van der Waals surface area (Å²) in [5.41, 5.74) is 0.378. The Bertz CT molecular complexity index is 517. The van der Waals surface area contributed by atoms with Crippen molar-refractivity contribution < 1.29 is 27.8 Å². The number of benzene rings is 1. The van der Waals surface area contributed by atoms with Gasteiger partial charge in [0.25, 0.3) is 0 Å². The molecule has 0 aromatic heterocycles. The van der Waals surface area contributed by atoms with E-state index in [1.807, 2.05) is 0 Å². The van der Waals surface area contributed by atoms with E-state index in [-0.39, 0.29) is 19.6 Å². The van der Waals surface area contributed by atoms with Gasteiger partial charge in [-0.3, -0.25) is 0 Å². The second-order valence-electron chi connectivity index (χ2n) is 4.88. The Kier molecular flexibility index (Phi) is 7.95. The second-order valence-corrected chi connectivity index (χ2v) is 5.31. The van der Waals surface area contributed by atoms with Crippen LogP contribution in [0.5, 0.6) is 0 Å². The second kappa shape index (κ2) is 9.45. The summed E-state index contributed by atoms with van der Waals surface area (Å²) in [5, 5.41) is 0.518. The van der Waals surface area contributed by atoms with Gasteiger partial charge in [0.2, 0.25) is 0 Å². The molecule has 0 saturated heterocycles. The van der Waals surface area contributed by atoms with Crippen LogP contribution in [-0.2, 0) is 14.3 Å².